The molecule has 76 valence electrons. The molecule has 2 aromatic heterocycles. The lowest BCUT2D eigenvalue weighted by Crippen LogP contribution is -1.80. The van der Waals surface area contributed by atoms with E-state index in [0.29, 0.717) is 0 Å². The zero-order chi connectivity index (χ0) is 10.1. The summed E-state index contributed by atoms with van der Waals surface area (Å²) in [6, 6.07) is 4.45. The van der Waals surface area contributed by atoms with Gasteiger partial charge in [0.15, 0.2) is 0 Å². The van der Waals surface area contributed by atoms with Crippen molar-refractivity contribution in [3.8, 4) is 11.1 Å². The lowest BCUT2D eigenvalue weighted by molar-refractivity contribution is 1.30. The topological polar surface area (TPSA) is 0 Å². The Bertz CT molecular complexity index is 477. The van der Waals surface area contributed by atoms with Crippen LogP contribution in [-0.4, -0.2) is 5.75 Å². The third-order valence-electron chi connectivity index (χ3n) is 2.50. The average Bonchev–Trinajstić information content (AvgIpc) is 3.01. The van der Waals surface area contributed by atoms with Crippen LogP contribution >= 0.6 is 34.4 Å². The first-order chi connectivity index (χ1) is 7.45. The fraction of sp³-hybridized carbons (Fsp3) is 0.167. The quantitative estimate of drug-likeness (QED) is 0.726. The van der Waals surface area contributed by atoms with Crippen LogP contribution < -0.4 is 0 Å². The molecule has 0 bridgehead atoms. The van der Waals surface area contributed by atoms with Gasteiger partial charge < -0.3 is 0 Å². The van der Waals surface area contributed by atoms with Gasteiger partial charge in [0.1, 0.15) is 0 Å². The largest absolute Gasteiger partial charge is 0.152 e. The van der Waals surface area contributed by atoms with Crippen LogP contribution in [0.25, 0.3) is 16.7 Å². The summed E-state index contributed by atoms with van der Waals surface area (Å²) < 4.78 is 0. The van der Waals surface area contributed by atoms with Crippen molar-refractivity contribution in [2.45, 2.75) is 6.42 Å². The maximum absolute atomic E-state index is 2.32. The minimum atomic E-state index is 1.22. The van der Waals surface area contributed by atoms with E-state index in [9.17, 15) is 0 Å². The van der Waals surface area contributed by atoms with Gasteiger partial charge in [-0.05, 0) is 51.2 Å². The molecule has 0 nitrogen and oxygen atoms in total. The molecule has 1 aliphatic heterocycles. The molecule has 3 heteroatoms. The Morgan fingerprint density at radius 2 is 2.13 bits per heavy atom. The van der Waals surface area contributed by atoms with Crippen LogP contribution in [0.1, 0.15) is 11.3 Å². The van der Waals surface area contributed by atoms with Crippen LogP contribution in [0.5, 0.6) is 0 Å². The van der Waals surface area contributed by atoms with Crippen LogP contribution in [0.15, 0.2) is 33.7 Å². The standard InChI is InChI=1S/C12H10S3/c1-4-13-7-9(1)11-3-6-15-12(11)10-2-5-14-8-10/h1,3-4,6-8H,2,5H2. The molecule has 0 saturated heterocycles. The Morgan fingerprint density at radius 3 is 2.87 bits per heavy atom. The van der Waals surface area contributed by atoms with Crippen molar-refractivity contribution in [2.75, 3.05) is 5.75 Å². The Kier molecular flexibility index (Phi) is 2.69. The second-order valence-corrected chi connectivity index (χ2v) is 6.11. The summed E-state index contributed by atoms with van der Waals surface area (Å²) in [6.45, 7) is 0. The molecular weight excluding hydrogens is 240 g/mol. The highest BCUT2D eigenvalue weighted by Crippen LogP contribution is 2.39. The maximum atomic E-state index is 2.32. The molecule has 0 aromatic carbocycles. The highest BCUT2D eigenvalue weighted by atomic mass is 32.2. The Labute approximate surface area is 102 Å². The summed E-state index contributed by atoms with van der Waals surface area (Å²) in [4.78, 5) is 1.47. The van der Waals surface area contributed by atoms with E-state index in [2.05, 4.69) is 33.7 Å². The molecule has 3 heterocycles. The maximum Gasteiger partial charge on any atom is 0.0386 e. The molecule has 0 amide bonds. The van der Waals surface area contributed by atoms with Gasteiger partial charge in [-0.1, -0.05) is 0 Å². The molecule has 1 aliphatic rings. The molecule has 15 heavy (non-hydrogen) atoms. The van der Waals surface area contributed by atoms with Gasteiger partial charge in [-0.2, -0.15) is 11.3 Å². The van der Waals surface area contributed by atoms with Gasteiger partial charge in [-0.3, -0.25) is 0 Å². The first-order valence-corrected chi connectivity index (χ1v) is 7.73. The van der Waals surface area contributed by atoms with E-state index < -0.39 is 0 Å². The SMILES string of the molecule is C1=C(c2sccc2-c2ccsc2)CCS1. The monoisotopic (exact) mass is 250 g/mol. The van der Waals surface area contributed by atoms with Gasteiger partial charge >= 0.3 is 0 Å². The third-order valence-corrected chi connectivity index (χ3v) is 5.07. The van der Waals surface area contributed by atoms with E-state index >= 15 is 0 Å². The van der Waals surface area contributed by atoms with E-state index in [1.54, 1.807) is 11.3 Å². The Morgan fingerprint density at radius 1 is 1.13 bits per heavy atom. The molecule has 0 atom stereocenters. The summed E-state index contributed by atoms with van der Waals surface area (Å²) in [5, 5.41) is 8.90. The zero-order valence-corrected chi connectivity index (χ0v) is 10.6. The van der Waals surface area contributed by atoms with Crippen LogP contribution in [0.4, 0.5) is 0 Å². The van der Waals surface area contributed by atoms with Crippen molar-refractivity contribution >= 4 is 40.0 Å². The predicted molar refractivity (Wildman–Crippen MR) is 72.7 cm³/mol. The number of rotatable bonds is 2. The number of hydrogen-bond donors (Lipinski definition) is 0. The number of hydrogen-bond acceptors (Lipinski definition) is 3. The van der Waals surface area contributed by atoms with Crippen molar-refractivity contribution in [2.24, 2.45) is 0 Å². The van der Waals surface area contributed by atoms with Crippen molar-refractivity contribution in [3.05, 3.63) is 38.6 Å². The van der Waals surface area contributed by atoms with Gasteiger partial charge in [0, 0.05) is 16.2 Å². The van der Waals surface area contributed by atoms with Gasteiger partial charge in [0.25, 0.3) is 0 Å². The Balaban J connectivity index is 2.06. The smallest absolute Gasteiger partial charge is 0.0386 e. The summed E-state index contributed by atoms with van der Waals surface area (Å²) in [5.74, 6) is 1.25. The van der Waals surface area contributed by atoms with Gasteiger partial charge in [-0.15, -0.1) is 23.1 Å². The molecule has 0 aliphatic carbocycles. The van der Waals surface area contributed by atoms with E-state index in [1.165, 1.54) is 33.8 Å². The molecule has 3 rings (SSSR count). The normalized spacial score (nSPS) is 15.6. The molecule has 0 fully saturated rings. The van der Waals surface area contributed by atoms with Gasteiger partial charge in [0.2, 0.25) is 0 Å². The first-order valence-electron chi connectivity index (χ1n) is 4.86. The second kappa shape index (κ2) is 4.16. The number of thiophene rings is 2. The van der Waals surface area contributed by atoms with Gasteiger partial charge in [0.05, 0.1) is 0 Å². The van der Waals surface area contributed by atoms with Crippen molar-refractivity contribution < 1.29 is 0 Å². The van der Waals surface area contributed by atoms with E-state index in [1.807, 2.05) is 23.1 Å². The summed E-state index contributed by atoms with van der Waals surface area (Å²) in [6.07, 6.45) is 1.22. The van der Waals surface area contributed by atoms with Crippen molar-refractivity contribution in [1.29, 1.82) is 0 Å². The molecule has 0 saturated carbocycles. The highest BCUT2D eigenvalue weighted by molar-refractivity contribution is 8.02. The molecule has 0 unspecified atom stereocenters. The second-order valence-electron chi connectivity index (χ2n) is 3.44. The summed E-state index contributed by atoms with van der Waals surface area (Å²) in [5.41, 5.74) is 4.31. The Hall–Kier alpha value is -0.510. The minimum Gasteiger partial charge on any atom is -0.152 e. The third kappa shape index (κ3) is 1.80. The first kappa shape index (κ1) is 9.70. The summed E-state index contributed by atoms with van der Waals surface area (Å²) in [7, 11) is 0. The predicted octanol–water partition coefficient (Wildman–Crippen LogP) is 4.95. The van der Waals surface area contributed by atoms with Crippen LogP contribution in [0, 0.1) is 0 Å². The average molecular weight is 250 g/mol. The van der Waals surface area contributed by atoms with E-state index in [-0.39, 0.29) is 0 Å². The lowest BCUT2D eigenvalue weighted by atomic mass is 10.1. The van der Waals surface area contributed by atoms with Crippen LogP contribution in [-0.2, 0) is 0 Å². The molecule has 0 N–H and O–H groups in total. The fourth-order valence-electron chi connectivity index (χ4n) is 1.76. The number of thioether (sulfide) groups is 1. The van der Waals surface area contributed by atoms with Crippen molar-refractivity contribution in [1.82, 2.24) is 0 Å². The number of allylic oxidation sites excluding steroid dienone is 1. The highest BCUT2D eigenvalue weighted by Gasteiger charge is 2.14. The zero-order valence-electron chi connectivity index (χ0n) is 8.10. The van der Waals surface area contributed by atoms with Crippen LogP contribution in [0.3, 0.4) is 0 Å². The van der Waals surface area contributed by atoms with Crippen LogP contribution in [0.2, 0.25) is 0 Å². The van der Waals surface area contributed by atoms with E-state index in [0.717, 1.165) is 0 Å². The van der Waals surface area contributed by atoms with Crippen molar-refractivity contribution in [3.63, 3.8) is 0 Å². The van der Waals surface area contributed by atoms with E-state index in [4.69, 9.17) is 0 Å². The summed E-state index contributed by atoms with van der Waals surface area (Å²) >= 11 is 5.57. The minimum absolute atomic E-state index is 1.22. The fourth-order valence-corrected chi connectivity index (χ4v) is 4.35. The van der Waals surface area contributed by atoms with Gasteiger partial charge in [-0.25, -0.2) is 0 Å². The molecule has 0 spiro atoms. The molecular formula is C12H10S3. The molecule has 0 radical (unpaired) electrons. The molecule has 2 aromatic rings. The lowest BCUT2D eigenvalue weighted by Gasteiger charge is -2.01.